The van der Waals surface area contributed by atoms with Crippen LogP contribution < -0.4 is 10.2 Å². The van der Waals surface area contributed by atoms with Crippen LogP contribution >= 0.6 is 34.5 Å². The highest BCUT2D eigenvalue weighted by molar-refractivity contribution is 7.14. The molecule has 2 aromatic carbocycles. The van der Waals surface area contributed by atoms with Crippen molar-refractivity contribution in [1.29, 1.82) is 0 Å². The quantitative estimate of drug-likeness (QED) is 0.571. The van der Waals surface area contributed by atoms with Crippen LogP contribution in [0.25, 0.3) is 11.3 Å². The van der Waals surface area contributed by atoms with Gasteiger partial charge in [-0.05, 0) is 36.4 Å². The Hall–Kier alpha value is -2.74. The summed E-state index contributed by atoms with van der Waals surface area (Å²) in [7, 11) is 0. The maximum Gasteiger partial charge on any atom is 0.257 e. The lowest BCUT2D eigenvalue weighted by molar-refractivity contribution is -0.121. The number of halogens is 2. The van der Waals surface area contributed by atoms with E-state index in [1.54, 1.807) is 42.5 Å². The molecule has 29 heavy (non-hydrogen) atoms. The zero-order chi connectivity index (χ0) is 20.5. The molecule has 6 nitrogen and oxygen atoms in total. The highest BCUT2D eigenvalue weighted by atomic mass is 35.5. The number of carbonyl (C=O) groups excluding carboxylic acids is 3. The SMILES string of the molecule is O=C(Nc1nc(-c2ccc(Cl)c(Cl)c2)cs1)c1ccc(N2C(=O)CCC2=O)cc1. The molecule has 0 spiro atoms. The van der Waals surface area contributed by atoms with Crippen molar-refractivity contribution in [3.8, 4) is 11.3 Å². The molecule has 0 atom stereocenters. The average Bonchev–Trinajstić information content (AvgIpc) is 3.30. The number of nitrogens with one attached hydrogen (secondary N) is 1. The van der Waals surface area contributed by atoms with E-state index in [-0.39, 0.29) is 30.6 Å². The molecule has 0 saturated carbocycles. The average molecular weight is 446 g/mol. The molecule has 1 aromatic heterocycles. The number of thiazole rings is 1. The fourth-order valence-electron chi connectivity index (χ4n) is 2.91. The van der Waals surface area contributed by atoms with E-state index in [2.05, 4.69) is 10.3 Å². The molecule has 0 aliphatic carbocycles. The predicted octanol–water partition coefficient (Wildman–Crippen LogP) is 5.02. The molecule has 1 N–H and O–H groups in total. The third-order valence-electron chi connectivity index (χ3n) is 4.38. The Kier molecular flexibility index (Phi) is 5.36. The zero-order valence-corrected chi connectivity index (χ0v) is 17.1. The zero-order valence-electron chi connectivity index (χ0n) is 14.8. The topological polar surface area (TPSA) is 79.4 Å². The lowest BCUT2D eigenvalue weighted by atomic mass is 10.2. The molecular weight excluding hydrogens is 433 g/mol. The number of amides is 3. The van der Waals surface area contributed by atoms with Gasteiger partial charge >= 0.3 is 0 Å². The monoisotopic (exact) mass is 445 g/mol. The summed E-state index contributed by atoms with van der Waals surface area (Å²) >= 11 is 13.3. The van der Waals surface area contributed by atoms with E-state index in [0.717, 1.165) is 10.5 Å². The normalized spacial score (nSPS) is 13.8. The van der Waals surface area contributed by atoms with E-state index in [9.17, 15) is 14.4 Å². The van der Waals surface area contributed by atoms with Gasteiger partial charge in [-0.2, -0.15) is 0 Å². The third-order valence-corrected chi connectivity index (χ3v) is 5.88. The predicted molar refractivity (Wildman–Crippen MR) is 114 cm³/mol. The first kappa shape index (κ1) is 19.6. The smallest absolute Gasteiger partial charge is 0.257 e. The third kappa shape index (κ3) is 4.03. The molecule has 1 fully saturated rings. The van der Waals surface area contributed by atoms with Crippen molar-refractivity contribution >= 4 is 63.1 Å². The van der Waals surface area contributed by atoms with Crippen LogP contribution in [0.3, 0.4) is 0 Å². The Morgan fingerprint density at radius 3 is 2.34 bits per heavy atom. The van der Waals surface area contributed by atoms with Crippen LogP contribution in [0.5, 0.6) is 0 Å². The minimum absolute atomic E-state index is 0.215. The summed E-state index contributed by atoms with van der Waals surface area (Å²) in [5.74, 6) is -0.805. The number of carbonyl (C=O) groups is 3. The Labute approximate surface area is 180 Å². The van der Waals surface area contributed by atoms with E-state index in [1.807, 2.05) is 5.38 Å². The molecular formula is C20H13Cl2N3O3S. The van der Waals surface area contributed by atoms with Crippen molar-refractivity contribution in [2.75, 3.05) is 10.2 Å². The van der Waals surface area contributed by atoms with E-state index in [4.69, 9.17) is 23.2 Å². The van der Waals surface area contributed by atoms with Crippen LogP contribution in [0.1, 0.15) is 23.2 Å². The van der Waals surface area contributed by atoms with Gasteiger partial charge in [-0.1, -0.05) is 29.3 Å². The summed E-state index contributed by atoms with van der Waals surface area (Å²) < 4.78 is 0. The minimum Gasteiger partial charge on any atom is -0.298 e. The van der Waals surface area contributed by atoms with Crippen LogP contribution in [0.4, 0.5) is 10.8 Å². The van der Waals surface area contributed by atoms with Crippen LogP contribution in [-0.2, 0) is 9.59 Å². The first-order valence-electron chi connectivity index (χ1n) is 8.60. The molecule has 2 heterocycles. The van der Waals surface area contributed by atoms with E-state index in [1.165, 1.54) is 11.3 Å². The van der Waals surface area contributed by atoms with Gasteiger partial charge in [0.2, 0.25) is 11.8 Å². The molecule has 9 heteroatoms. The summed E-state index contributed by atoms with van der Waals surface area (Å²) in [6.07, 6.45) is 0.429. The van der Waals surface area contributed by atoms with Crippen LogP contribution in [0.2, 0.25) is 10.0 Å². The van der Waals surface area contributed by atoms with E-state index >= 15 is 0 Å². The second-order valence-corrected chi connectivity index (χ2v) is 7.96. The number of rotatable bonds is 4. The number of hydrogen-bond donors (Lipinski definition) is 1. The van der Waals surface area contributed by atoms with Crippen molar-refractivity contribution < 1.29 is 14.4 Å². The second kappa shape index (κ2) is 7.94. The van der Waals surface area contributed by atoms with Gasteiger partial charge in [0.15, 0.2) is 5.13 Å². The number of anilines is 2. The summed E-state index contributed by atoms with van der Waals surface area (Å²) in [4.78, 5) is 41.7. The first-order valence-corrected chi connectivity index (χ1v) is 10.2. The maximum atomic E-state index is 12.5. The Bertz CT molecular complexity index is 1110. The fourth-order valence-corrected chi connectivity index (χ4v) is 3.93. The van der Waals surface area contributed by atoms with Crippen molar-refractivity contribution in [2.24, 2.45) is 0 Å². The summed E-state index contributed by atoms with van der Waals surface area (Å²) in [5.41, 5.74) is 2.31. The Balaban J connectivity index is 1.47. The van der Waals surface area contributed by atoms with Crippen LogP contribution in [0.15, 0.2) is 47.8 Å². The van der Waals surface area contributed by atoms with E-state index in [0.29, 0.717) is 32.1 Å². The highest BCUT2D eigenvalue weighted by Gasteiger charge is 2.30. The van der Waals surface area contributed by atoms with Gasteiger partial charge in [-0.25, -0.2) is 4.98 Å². The maximum absolute atomic E-state index is 12.5. The van der Waals surface area contributed by atoms with Gasteiger partial charge in [0.05, 0.1) is 21.4 Å². The molecule has 1 saturated heterocycles. The highest BCUT2D eigenvalue weighted by Crippen LogP contribution is 2.30. The number of hydrogen-bond acceptors (Lipinski definition) is 5. The lowest BCUT2D eigenvalue weighted by Crippen LogP contribution is -2.28. The summed E-state index contributed by atoms with van der Waals surface area (Å²) in [5, 5.41) is 5.87. The van der Waals surface area contributed by atoms with Crippen molar-refractivity contribution in [3.63, 3.8) is 0 Å². The van der Waals surface area contributed by atoms with Gasteiger partial charge in [0.1, 0.15) is 0 Å². The molecule has 0 unspecified atom stereocenters. The fraction of sp³-hybridized carbons (Fsp3) is 0.100. The number of benzene rings is 2. The van der Waals surface area contributed by atoms with Gasteiger partial charge < -0.3 is 0 Å². The molecule has 146 valence electrons. The molecule has 3 aromatic rings. The Morgan fingerprint density at radius 2 is 1.69 bits per heavy atom. The van der Waals surface area contributed by atoms with Gasteiger partial charge in [0, 0.05) is 29.3 Å². The standard InChI is InChI=1S/C20H13Cl2N3O3S/c21-14-6-3-12(9-15(14)22)16-10-29-20(23-16)24-19(28)11-1-4-13(5-2-11)25-17(26)7-8-18(25)27/h1-6,9-10H,7-8H2,(H,23,24,28). The summed E-state index contributed by atoms with van der Waals surface area (Å²) in [6.45, 7) is 0. The van der Waals surface area contributed by atoms with Gasteiger partial charge in [-0.3, -0.25) is 24.6 Å². The molecule has 1 aliphatic heterocycles. The minimum atomic E-state index is -0.342. The Morgan fingerprint density at radius 1 is 1.00 bits per heavy atom. The largest absolute Gasteiger partial charge is 0.298 e. The van der Waals surface area contributed by atoms with Crippen LogP contribution in [-0.4, -0.2) is 22.7 Å². The van der Waals surface area contributed by atoms with Crippen molar-refractivity contribution in [1.82, 2.24) is 4.98 Å². The van der Waals surface area contributed by atoms with Gasteiger partial charge in [-0.15, -0.1) is 11.3 Å². The molecule has 3 amide bonds. The summed E-state index contributed by atoms with van der Waals surface area (Å²) in [6, 6.07) is 11.5. The second-order valence-electron chi connectivity index (χ2n) is 6.29. The molecule has 1 aliphatic rings. The number of aromatic nitrogens is 1. The molecule has 4 rings (SSSR count). The van der Waals surface area contributed by atoms with Gasteiger partial charge in [0.25, 0.3) is 5.91 Å². The number of nitrogens with zero attached hydrogens (tertiary/aromatic N) is 2. The molecule has 0 radical (unpaired) electrons. The first-order chi connectivity index (χ1) is 13.9. The van der Waals surface area contributed by atoms with E-state index < -0.39 is 0 Å². The van der Waals surface area contributed by atoms with Crippen molar-refractivity contribution in [3.05, 3.63) is 63.5 Å². The van der Waals surface area contributed by atoms with Crippen molar-refractivity contribution in [2.45, 2.75) is 12.8 Å². The number of imide groups is 1. The lowest BCUT2D eigenvalue weighted by Gasteiger charge is -2.13. The molecule has 0 bridgehead atoms. The van der Waals surface area contributed by atoms with Crippen LogP contribution in [0, 0.1) is 0 Å².